The van der Waals surface area contributed by atoms with Crippen LogP contribution in [0.2, 0.25) is 5.02 Å². The van der Waals surface area contributed by atoms with E-state index in [1.807, 2.05) is 0 Å². The van der Waals surface area contributed by atoms with E-state index in [-0.39, 0.29) is 5.82 Å². The van der Waals surface area contributed by atoms with Gasteiger partial charge in [-0.2, -0.15) is 0 Å². The van der Waals surface area contributed by atoms with E-state index in [1.54, 1.807) is 18.3 Å². The van der Waals surface area contributed by atoms with E-state index in [2.05, 4.69) is 9.97 Å². The first-order valence-electron chi connectivity index (χ1n) is 5.18. The number of rotatable bonds is 3. The first kappa shape index (κ1) is 12.0. The summed E-state index contributed by atoms with van der Waals surface area (Å²) in [5, 5.41) is 0.301. The summed E-state index contributed by atoms with van der Waals surface area (Å²) in [7, 11) is 0. The van der Waals surface area contributed by atoms with Crippen molar-refractivity contribution in [3.8, 4) is 11.4 Å². The molecule has 17 heavy (non-hydrogen) atoms. The minimum atomic E-state index is -0.378. The molecule has 0 bridgehead atoms. The number of aromatic nitrogens is 2. The Morgan fingerprint density at radius 3 is 2.82 bits per heavy atom. The molecule has 0 aliphatic carbocycles. The van der Waals surface area contributed by atoms with E-state index in [9.17, 15) is 4.39 Å². The molecule has 3 nitrogen and oxygen atoms in total. The Morgan fingerprint density at radius 2 is 2.12 bits per heavy atom. The summed E-state index contributed by atoms with van der Waals surface area (Å²) in [5.41, 5.74) is 6.93. The van der Waals surface area contributed by atoms with Crippen LogP contribution in [0.3, 0.4) is 0 Å². The van der Waals surface area contributed by atoms with Crippen LogP contribution in [0.25, 0.3) is 11.4 Å². The number of halogens is 2. The molecule has 0 spiro atoms. The standard InChI is InChI=1S/C12H11ClFN3/c13-11-7-8(14)1-2-10(11)12-16-6-4-9(17-12)3-5-15/h1-2,4,6-7H,3,5,15H2. The highest BCUT2D eigenvalue weighted by Gasteiger charge is 2.08. The molecule has 0 unspecified atom stereocenters. The second kappa shape index (κ2) is 5.21. The maximum Gasteiger partial charge on any atom is 0.160 e. The van der Waals surface area contributed by atoms with Crippen molar-refractivity contribution in [2.45, 2.75) is 6.42 Å². The molecule has 0 aliphatic rings. The zero-order valence-electron chi connectivity index (χ0n) is 9.03. The van der Waals surface area contributed by atoms with Crippen LogP contribution in [-0.2, 0) is 6.42 Å². The fourth-order valence-corrected chi connectivity index (χ4v) is 1.74. The highest BCUT2D eigenvalue weighted by Crippen LogP contribution is 2.25. The molecular weight excluding hydrogens is 241 g/mol. The number of nitrogens with two attached hydrogens (primary N) is 1. The Bertz CT molecular complexity index is 531. The normalized spacial score (nSPS) is 10.5. The summed E-state index contributed by atoms with van der Waals surface area (Å²) < 4.78 is 12.9. The largest absolute Gasteiger partial charge is 0.330 e. The first-order valence-corrected chi connectivity index (χ1v) is 5.56. The molecule has 5 heteroatoms. The topological polar surface area (TPSA) is 51.8 Å². The lowest BCUT2D eigenvalue weighted by atomic mass is 10.2. The van der Waals surface area contributed by atoms with Crippen molar-refractivity contribution < 1.29 is 4.39 Å². The molecule has 2 N–H and O–H groups in total. The SMILES string of the molecule is NCCc1ccnc(-c2ccc(F)cc2Cl)n1. The lowest BCUT2D eigenvalue weighted by molar-refractivity contribution is 0.628. The average molecular weight is 252 g/mol. The summed E-state index contributed by atoms with van der Waals surface area (Å²) in [5.74, 6) is 0.109. The fourth-order valence-electron chi connectivity index (χ4n) is 1.48. The predicted molar refractivity (Wildman–Crippen MR) is 65.2 cm³/mol. The maximum absolute atomic E-state index is 12.9. The third-order valence-corrected chi connectivity index (χ3v) is 2.60. The molecule has 0 fully saturated rings. The van der Waals surface area contributed by atoms with Crippen molar-refractivity contribution in [3.05, 3.63) is 47.0 Å². The molecule has 0 saturated heterocycles. The molecule has 2 rings (SSSR count). The molecule has 1 aromatic heterocycles. The van der Waals surface area contributed by atoms with Crippen molar-refractivity contribution >= 4 is 11.6 Å². The van der Waals surface area contributed by atoms with Gasteiger partial charge in [0.25, 0.3) is 0 Å². The van der Waals surface area contributed by atoms with Crippen LogP contribution in [-0.4, -0.2) is 16.5 Å². The molecule has 0 saturated carbocycles. The van der Waals surface area contributed by atoms with Crippen molar-refractivity contribution in [1.29, 1.82) is 0 Å². The van der Waals surface area contributed by atoms with Crippen LogP contribution < -0.4 is 5.73 Å². The van der Waals surface area contributed by atoms with Gasteiger partial charge in [-0.15, -0.1) is 0 Å². The second-order valence-corrected chi connectivity index (χ2v) is 3.94. The van der Waals surface area contributed by atoms with Crippen molar-refractivity contribution in [3.63, 3.8) is 0 Å². The van der Waals surface area contributed by atoms with Crippen LogP contribution in [0, 0.1) is 5.82 Å². The minimum absolute atomic E-state index is 0.301. The zero-order valence-corrected chi connectivity index (χ0v) is 9.78. The maximum atomic E-state index is 12.9. The number of benzene rings is 1. The highest BCUT2D eigenvalue weighted by atomic mass is 35.5. The van der Waals surface area contributed by atoms with Crippen molar-refractivity contribution in [1.82, 2.24) is 9.97 Å². The molecule has 1 heterocycles. The molecule has 1 aromatic carbocycles. The van der Waals surface area contributed by atoms with E-state index in [4.69, 9.17) is 17.3 Å². The zero-order chi connectivity index (χ0) is 12.3. The van der Waals surface area contributed by atoms with E-state index in [0.717, 1.165) is 5.69 Å². The Balaban J connectivity index is 2.42. The van der Waals surface area contributed by atoms with Gasteiger partial charge in [0.2, 0.25) is 0 Å². The first-order chi connectivity index (χ1) is 8.20. The van der Waals surface area contributed by atoms with Gasteiger partial charge < -0.3 is 5.73 Å². The van der Waals surface area contributed by atoms with Gasteiger partial charge in [0.1, 0.15) is 5.82 Å². The molecule has 88 valence electrons. The highest BCUT2D eigenvalue weighted by molar-refractivity contribution is 6.33. The molecule has 0 amide bonds. The van der Waals surface area contributed by atoms with Crippen LogP contribution in [0.5, 0.6) is 0 Å². The monoisotopic (exact) mass is 251 g/mol. The van der Waals surface area contributed by atoms with Gasteiger partial charge in [0.15, 0.2) is 5.82 Å². The predicted octanol–water partition coefficient (Wildman–Crippen LogP) is 2.44. The van der Waals surface area contributed by atoms with Gasteiger partial charge in [-0.1, -0.05) is 11.6 Å². The molecule has 0 aliphatic heterocycles. The Labute approximate surface area is 103 Å². The van der Waals surface area contributed by atoms with Gasteiger partial charge >= 0.3 is 0 Å². The quantitative estimate of drug-likeness (QED) is 0.912. The Hall–Kier alpha value is -1.52. The van der Waals surface area contributed by atoms with Crippen LogP contribution >= 0.6 is 11.6 Å². The van der Waals surface area contributed by atoms with E-state index >= 15 is 0 Å². The molecule has 0 radical (unpaired) electrons. The Morgan fingerprint density at radius 1 is 1.29 bits per heavy atom. The molecule has 2 aromatic rings. The number of hydrogen-bond donors (Lipinski definition) is 1. The summed E-state index contributed by atoms with van der Waals surface area (Å²) in [4.78, 5) is 8.45. The smallest absolute Gasteiger partial charge is 0.160 e. The van der Waals surface area contributed by atoms with Crippen LogP contribution in [0.15, 0.2) is 30.5 Å². The van der Waals surface area contributed by atoms with E-state index in [0.29, 0.717) is 29.4 Å². The van der Waals surface area contributed by atoms with Crippen molar-refractivity contribution in [2.24, 2.45) is 5.73 Å². The van der Waals surface area contributed by atoms with Gasteiger partial charge in [0, 0.05) is 23.9 Å². The lowest BCUT2D eigenvalue weighted by Crippen LogP contribution is -2.05. The van der Waals surface area contributed by atoms with Gasteiger partial charge in [-0.25, -0.2) is 14.4 Å². The number of nitrogens with zero attached hydrogens (tertiary/aromatic N) is 2. The third kappa shape index (κ3) is 2.78. The minimum Gasteiger partial charge on any atom is -0.330 e. The lowest BCUT2D eigenvalue weighted by Gasteiger charge is -2.04. The third-order valence-electron chi connectivity index (χ3n) is 2.29. The average Bonchev–Trinajstić information content (AvgIpc) is 2.29. The van der Waals surface area contributed by atoms with Gasteiger partial charge in [-0.05, 0) is 30.8 Å². The molecular formula is C12H11ClFN3. The summed E-state index contributed by atoms with van der Waals surface area (Å²) in [6, 6.07) is 5.95. The second-order valence-electron chi connectivity index (χ2n) is 3.53. The van der Waals surface area contributed by atoms with Crippen LogP contribution in [0.4, 0.5) is 4.39 Å². The Kier molecular flexibility index (Phi) is 3.66. The van der Waals surface area contributed by atoms with Crippen LogP contribution in [0.1, 0.15) is 5.69 Å². The van der Waals surface area contributed by atoms with Gasteiger partial charge in [-0.3, -0.25) is 0 Å². The summed E-state index contributed by atoms with van der Waals surface area (Å²) in [6.45, 7) is 0.521. The molecule has 0 atom stereocenters. The van der Waals surface area contributed by atoms with E-state index < -0.39 is 0 Å². The number of hydrogen-bond acceptors (Lipinski definition) is 3. The van der Waals surface area contributed by atoms with Gasteiger partial charge in [0.05, 0.1) is 5.02 Å². The van der Waals surface area contributed by atoms with E-state index in [1.165, 1.54) is 12.1 Å². The van der Waals surface area contributed by atoms with Crippen molar-refractivity contribution in [2.75, 3.05) is 6.54 Å². The summed E-state index contributed by atoms with van der Waals surface area (Å²) in [6.07, 6.45) is 2.32. The fraction of sp³-hybridized carbons (Fsp3) is 0.167. The summed E-state index contributed by atoms with van der Waals surface area (Å²) >= 11 is 5.95.